The molecule has 1 aromatic rings. The molecule has 0 heterocycles. The lowest BCUT2D eigenvalue weighted by molar-refractivity contribution is 0.636. The fourth-order valence-corrected chi connectivity index (χ4v) is 2.02. The SMILES string of the molecule is C#C.C/C=C(C)\C=C/CC.C=C/C=C\C(C)=C(/C)c1ccc(C(=C)C=C)cc1.CC.CC.CCC.CF. The molecular weight excluding hydrogens is 451 g/mol. The second kappa shape index (κ2) is 43.0. The quantitative estimate of drug-likeness (QED) is 0.253. The van der Waals surface area contributed by atoms with E-state index in [1.54, 1.807) is 12.2 Å². The van der Waals surface area contributed by atoms with E-state index in [4.69, 9.17) is 0 Å². The molecule has 0 atom stereocenters. The Morgan fingerprint density at radius 3 is 1.57 bits per heavy atom. The molecule has 0 spiro atoms. The van der Waals surface area contributed by atoms with E-state index in [0.29, 0.717) is 7.18 Å². The van der Waals surface area contributed by atoms with Crippen LogP contribution in [0, 0.1) is 12.8 Å². The van der Waals surface area contributed by atoms with E-state index in [9.17, 15) is 4.39 Å². The number of allylic oxidation sites excluding steroid dienone is 11. The maximum Gasteiger partial charge on any atom is 0.0785 e. The van der Waals surface area contributed by atoms with E-state index in [2.05, 4.69) is 130 Å². The van der Waals surface area contributed by atoms with Crippen LogP contribution in [0.25, 0.3) is 11.1 Å². The zero-order valence-corrected chi connectivity index (χ0v) is 26.4. The molecule has 0 aliphatic heterocycles. The van der Waals surface area contributed by atoms with E-state index in [1.807, 2.05) is 33.8 Å². The Hall–Kier alpha value is -3.11. The van der Waals surface area contributed by atoms with Crippen LogP contribution in [-0.2, 0) is 0 Å². The average Bonchev–Trinajstić information content (AvgIpc) is 2.98. The summed E-state index contributed by atoms with van der Waals surface area (Å²) in [6, 6.07) is 8.38. The van der Waals surface area contributed by atoms with E-state index in [1.165, 1.54) is 28.7 Å². The number of halogens is 1. The molecular formula is C36H59F. The molecule has 0 aromatic heterocycles. The fraction of sp³-hybridized carbons (Fsp3) is 0.389. The summed E-state index contributed by atoms with van der Waals surface area (Å²) in [5.74, 6) is 0. The number of hydrogen-bond acceptors (Lipinski definition) is 0. The molecule has 0 fully saturated rings. The smallest absolute Gasteiger partial charge is 0.0785 e. The molecule has 0 bridgehead atoms. The van der Waals surface area contributed by atoms with Crippen LogP contribution < -0.4 is 0 Å². The molecule has 1 heteroatoms. The third-order valence-corrected chi connectivity index (χ3v) is 4.08. The van der Waals surface area contributed by atoms with Gasteiger partial charge in [-0.25, -0.2) is 0 Å². The summed E-state index contributed by atoms with van der Waals surface area (Å²) in [7, 11) is 0.500. The van der Waals surface area contributed by atoms with Gasteiger partial charge in [-0.3, -0.25) is 4.39 Å². The molecule has 210 valence electrons. The van der Waals surface area contributed by atoms with Gasteiger partial charge in [-0.1, -0.05) is 147 Å². The van der Waals surface area contributed by atoms with Gasteiger partial charge in [0.05, 0.1) is 7.18 Å². The predicted octanol–water partition coefficient (Wildman–Crippen LogP) is 12.6. The fourth-order valence-electron chi connectivity index (χ4n) is 2.02. The van der Waals surface area contributed by atoms with Gasteiger partial charge in [0.2, 0.25) is 0 Å². The summed E-state index contributed by atoms with van der Waals surface area (Å²) in [5.41, 5.74) is 7.13. The van der Waals surface area contributed by atoms with Gasteiger partial charge in [0.25, 0.3) is 0 Å². The molecule has 0 aliphatic rings. The standard InChI is InChI=1S/C18H20.C8H14.C3H8.2C2H6.C2H2.CH3F/c1-6-8-9-15(4)16(5)18-12-10-17(11-13-18)14(3)7-2;1-4-6-7-8(3)5-2;1-3-2;4*1-2/h6-13H,1-3H2,4-5H3;5-7H,4H2,1-3H3;3H2,1-2H3;2*1-2H3;1-2H;1H3/b9-8-,16-15+;7-6-,8-5-;;;;;. The number of alkyl halides is 1. The van der Waals surface area contributed by atoms with Gasteiger partial charge in [0.1, 0.15) is 0 Å². The van der Waals surface area contributed by atoms with Gasteiger partial charge in [0, 0.05) is 0 Å². The second-order valence-corrected chi connectivity index (χ2v) is 6.76. The molecule has 37 heavy (non-hydrogen) atoms. The molecule has 0 saturated heterocycles. The Balaban J connectivity index is -0.000000106. The van der Waals surface area contributed by atoms with E-state index in [-0.39, 0.29) is 0 Å². The summed E-state index contributed by atoms with van der Waals surface area (Å²) >= 11 is 0. The molecule has 0 aliphatic carbocycles. The number of terminal acetylenes is 1. The lowest BCUT2D eigenvalue weighted by Gasteiger charge is -2.06. The summed E-state index contributed by atoms with van der Waals surface area (Å²) in [6.07, 6.45) is 24.4. The van der Waals surface area contributed by atoms with Crippen LogP contribution in [0.2, 0.25) is 0 Å². The third-order valence-electron chi connectivity index (χ3n) is 4.08. The monoisotopic (exact) mass is 510 g/mol. The minimum atomic E-state index is 0.500. The summed E-state index contributed by atoms with van der Waals surface area (Å²) in [4.78, 5) is 0. The van der Waals surface area contributed by atoms with Crippen molar-refractivity contribution in [2.24, 2.45) is 0 Å². The molecule has 0 amide bonds. The Kier molecular flexibility index (Phi) is 54.8. The first-order valence-electron chi connectivity index (χ1n) is 13.2. The zero-order chi connectivity index (χ0) is 30.7. The first-order valence-corrected chi connectivity index (χ1v) is 13.2. The van der Waals surface area contributed by atoms with Gasteiger partial charge >= 0.3 is 0 Å². The highest BCUT2D eigenvalue weighted by molar-refractivity contribution is 5.74. The second-order valence-electron chi connectivity index (χ2n) is 6.76. The topological polar surface area (TPSA) is 0 Å². The van der Waals surface area contributed by atoms with Gasteiger partial charge in [0.15, 0.2) is 0 Å². The van der Waals surface area contributed by atoms with Gasteiger partial charge in [-0.15, -0.1) is 12.8 Å². The van der Waals surface area contributed by atoms with Crippen LogP contribution >= 0.6 is 0 Å². The number of rotatable bonds is 7. The number of benzene rings is 1. The minimum absolute atomic E-state index is 0.500. The van der Waals surface area contributed by atoms with Crippen LogP contribution in [0.5, 0.6) is 0 Å². The summed E-state index contributed by atoms with van der Waals surface area (Å²) < 4.78 is 9.50. The Labute approximate surface area is 233 Å². The molecule has 0 radical (unpaired) electrons. The molecule has 1 rings (SSSR count). The maximum absolute atomic E-state index is 9.50. The van der Waals surface area contributed by atoms with Crippen LogP contribution in [-0.4, -0.2) is 7.18 Å². The Morgan fingerprint density at radius 1 is 0.838 bits per heavy atom. The highest BCUT2D eigenvalue weighted by Gasteiger charge is 2.00. The van der Waals surface area contributed by atoms with E-state index in [0.717, 1.165) is 17.6 Å². The van der Waals surface area contributed by atoms with Crippen molar-refractivity contribution in [1.82, 2.24) is 0 Å². The van der Waals surface area contributed by atoms with Crippen molar-refractivity contribution < 1.29 is 4.39 Å². The van der Waals surface area contributed by atoms with Crippen molar-refractivity contribution in [2.45, 2.75) is 89.0 Å². The lowest BCUT2D eigenvalue weighted by Crippen LogP contribution is -1.85. The maximum atomic E-state index is 9.50. The van der Waals surface area contributed by atoms with Crippen molar-refractivity contribution in [3.05, 3.63) is 109 Å². The van der Waals surface area contributed by atoms with Crippen molar-refractivity contribution >= 4 is 11.1 Å². The Morgan fingerprint density at radius 2 is 1.24 bits per heavy atom. The Bertz CT molecular complexity index is 763. The molecule has 0 N–H and O–H groups in total. The van der Waals surface area contributed by atoms with Crippen LogP contribution in [0.3, 0.4) is 0 Å². The van der Waals surface area contributed by atoms with Crippen molar-refractivity contribution in [2.75, 3.05) is 7.18 Å². The van der Waals surface area contributed by atoms with E-state index >= 15 is 0 Å². The summed E-state index contributed by atoms with van der Waals surface area (Å²) in [5, 5.41) is 0. The molecule has 1 aromatic carbocycles. The van der Waals surface area contributed by atoms with Crippen molar-refractivity contribution in [1.29, 1.82) is 0 Å². The van der Waals surface area contributed by atoms with E-state index < -0.39 is 0 Å². The van der Waals surface area contributed by atoms with Gasteiger partial charge < -0.3 is 0 Å². The van der Waals surface area contributed by atoms with Gasteiger partial charge in [-0.2, -0.15) is 0 Å². The van der Waals surface area contributed by atoms with Crippen LogP contribution in [0.15, 0.2) is 97.7 Å². The molecule has 0 saturated carbocycles. The predicted molar refractivity (Wildman–Crippen MR) is 178 cm³/mol. The summed E-state index contributed by atoms with van der Waals surface area (Å²) in [6.45, 7) is 34.1. The average molecular weight is 511 g/mol. The van der Waals surface area contributed by atoms with Crippen molar-refractivity contribution in [3.63, 3.8) is 0 Å². The largest absolute Gasteiger partial charge is 0.255 e. The lowest BCUT2D eigenvalue weighted by atomic mass is 9.99. The van der Waals surface area contributed by atoms with Gasteiger partial charge in [-0.05, 0) is 62.0 Å². The highest BCUT2D eigenvalue weighted by Crippen LogP contribution is 2.21. The minimum Gasteiger partial charge on any atom is -0.255 e. The third kappa shape index (κ3) is 32.9. The highest BCUT2D eigenvalue weighted by atomic mass is 19.1. The molecule has 0 unspecified atom stereocenters. The first kappa shape index (κ1) is 47.1. The first-order chi connectivity index (χ1) is 17.8. The van der Waals surface area contributed by atoms with Crippen molar-refractivity contribution in [3.8, 4) is 12.8 Å². The van der Waals surface area contributed by atoms with Crippen LogP contribution in [0.1, 0.15) is 100 Å². The normalized spacial score (nSPS) is 9.76. The number of hydrogen-bond donors (Lipinski definition) is 0. The van der Waals surface area contributed by atoms with Crippen LogP contribution in [0.4, 0.5) is 4.39 Å². The molecule has 0 nitrogen and oxygen atoms in total. The zero-order valence-electron chi connectivity index (χ0n) is 26.4.